The van der Waals surface area contributed by atoms with Gasteiger partial charge in [0.1, 0.15) is 11.5 Å². The Labute approximate surface area is 104 Å². The quantitative estimate of drug-likeness (QED) is 0.640. The Morgan fingerprint density at radius 2 is 1.72 bits per heavy atom. The van der Waals surface area contributed by atoms with Crippen molar-refractivity contribution >= 4 is 11.5 Å². The van der Waals surface area contributed by atoms with Crippen LogP contribution in [0.3, 0.4) is 0 Å². The normalized spacial score (nSPS) is 11.6. The third-order valence-corrected chi connectivity index (χ3v) is 2.56. The molecule has 0 aliphatic carbocycles. The fraction of sp³-hybridized carbons (Fsp3) is 0.0714. The highest BCUT2D eigenvalue weighted by atomic mass is 19.1. The first kappa shape index (κ1) is 12.2. The predicted molar refractivity (Wildman–Crippen MR) is 67.9 cm³/mol. The van der Waals surface area contributed by atoms with E-state index < -0.39 is 11.6 Å². The van der Waals surface area contributed by atoms with Crippen molar-refractivity contribution in [3.8, 4) is 0 Å². The van der Waals surface area contributed by atoms with Crippen LogP contribution in [0, 0.1) is 18.6 Å². The Balaban J connectivity index is 2.49. The molecule has 4 heteroatoms. The van der Waals surface area contributed by atoms with Gasteiger partial charge in [0.25, 0.3) is 0 Å². The number of hydrogen-bond acceptors (Lipinski definition) is 1. The largest absolute Gasteiger partial charge is 0.383 e. The molecule has 0 aromatic heterocycles. The van der Waals surface area contributed by atoms with Crippen LogP contribution in [-0.4, -0.2) is 5.84 Å². The van der Waals surface area contributed by atoms with Crippen molar-refractivity contribution in [2.75, 3.05) is 0 Å². The number of nitrogens with zero attached hydrogens (tertiary/aromatic N) is 1. The summed E-state index contributed by atoms with van der Waals surface area (Å²) in [5.41, 5.74) is 6.33. The summed E-state index contributed by atoms with van der Waals surface area (Å²) in [7, 11) is 0. The minimum Gasteiger partial charge on any atom is -0.383 e. The summed E-state index contributed by atoms with van der Waals surface area (Å²) in [6.07, 6.45) is 0. The summed E-state index contributed by atoms with van der Waals surface area (Å²) in [5.74, 6) is -1.33. The van der Waals surface area contributed by atoms with Gasteiger partial charge in [-0.15, -0.1) is 0 Å². The molecule has 0 heterocycles. The summed E-state index contributed by atoms with van der Waals surface area (Å²) in [6.45, 7) is 1.55. The highest BCUT2D eigenvalue weighted by Crippen LogP contribution is 2.25. The summed E-state index contributed by atoms with van der Waals surface area (Å²) in [6, 6.07) is 11.4. The van der Waals surface area contributed by atoms with E-state index in [2.05, 4.69) is 4.99 Å². The number of hydrogen-bond donors (Lipinski definition) is 1. The van der Waals surface area contributed by atoms with E-state index in [9.17, 15) is 8.78 Å². The van der Waals surface area contributed by atoms with Crippen LogP contribution in [0.25, 0.3) is 0 Å². The van der Waals surface area contributed by atoms with Crippen molar-refractivity contribution < 1.29 is 8.78 Å². The van der Waals surface area contributed by atoms with Gasteiger partial charge in [0, 0.05) is 5.56 Å². The molecule has 0 atom stereocenters. The van der Waals surface area contributed by atoms with E-state index in [1.807, 2.05) is 6.07 Å². The van der Waals surface area contributed by atoms with Crippen LogP contribution in [0.15, 0.2) is 47.5 Å². The van der Waals surface area contributed by atoms with E-state index in [1.54, 1.807) is 31.2 Å². The van der Waals surface area contributed by atoms with Crippen molar-refractivity contribution in [2.45, 2.75) is 6.92 Å². The molecule has 0 aliphatic heterocycles. The summed E-state index contributed by atoms with van der Waals surface area (Å²) < 4.78 is 27.2. The van der Waals surface area contributed by atoms with E-state index in [-0.39, 0.29) is 11.5 Å². The number of amidine groups is 1. The molecular weight excluding hydrogens is 234 g/mol. The SMILES string of the molecule is Cc1ccc(F)c(N=C(N)c2ccccc2)c1F. The fourth-order valence-corrected chi connectivity index (χ4v) is 1.54. The van der Waals surface area contributed by atoms with Gasteiger partial charge in [-0.2, -0.15) is 0 Å². The standard InChI is InChI=1S/C14H12F2N2/c1-9-7-8-11(15)13(12(9)16)18-14(17)10-5-3-2-4-6-10/h2-8H,1H3,(H2,17,18). The fourth-order valence-electron chi connectivity index (χ4n) is 1.54. The van der Waals surface area contributed by atoms with Crippen LogP contribution < -0.4 is 5.73 Å². The Morgan fingerprint density at radius 3 is 2.39 bits per heavy atom. The molecular formula is C14H12F2N2. The van der Waals surface area contributed by atoms with Gasteiger partial charge in [-0.1, -0.05) is 36.4 Å². The first-order valence-electron chi connectivity index (χ1n) is 5.44. The third kappa shape index (κ3) is 2.37. The zero-order valence-electron chi connectivity index (χ0n) is 9.82. The zero-order valence-corrected chi connectivity index (χ0v) is 9.82. The van der Waals surface area contributed by atoms with Gasteiger partial charge in [-0.05, 0) is 18.6 Å². The number of benzene rings is 2. The van der Waals surface area contributed by atoms with Gasteiger partial charge in [-0.25, -0.2) is 13.8 Å². The van der Waals surface area contributed by atoms with Crippen molar-refractivity contribution in [1.82, 2.24) is 0 Å². The Bertz CT molecular complexity index is 592. The summed E-state index contributed by atoms with van der Waals surface area (Å²) in [4.78, 5) is 3.83. The molecule has 18 heavy (non-hydrogen) atoms. The molecule has 2 rings (SSSR count). The van der Waals surface area contributed by atoms with E-state index >= 15 is 0 Å². The lowest BCUT2D eigenvalue weighted by Gasteiger charge is -2.04. The van der Waals surface area contributed by atoms with E-state index in [1.165, 1.54) is 12.1 Å². The monoisotopic (exact) mass is 246 g/mol. The highest BCUT2D eigenvalue weighted by molar-refractivity contribution is 5.99. The molecule has 0 fully saturated rings. The summed E-state index contributed by atoms with van der Waals surface area (Å²) >= 11 is 0. The smallest absolute Gasteiger partial charge is 0.154 e. The third-order valence-electron chi connectivity index (χ3n) is 2.56. The van der Waals surface area contributed by atoms with Crippen LogP contribution in [0.2, 0.25) is 0 Å². The molecule has 0 amide bonds. The molecule has 2 nitrogen and oxygen atoms in total. The average Bonchev–Trinajstić information content (AvgIpc) is 2.40. The minimum absolute atomic E-state index is 0.0824. The first-order chi connectivity index (χ1) is 8.59. The van der Waals surface area contributed by atoms with E-state index in [4.69, 9.17) is 5.73 Å². The molecule has 0 aliphatic rings. The molecule has 92 valence electrons. The maximum absolute atomic E-state index is 13.7. The van der Waals surface area contributed by atoms with Gasteiger partial charge in [0.05, 0.1) is 0 Å². The maximum Gasteiger partial charge on any atom is 0.154 e. The van der Waals surface area contributed by atoms with Crippen LogP contribution in [0.5, 0.6) is 0 Å². The number of rotatable bonds is 2. The molecule has 0 radical (unpaired) electrons. The Hall–Kier alpha value is -2.23. The lowest BCUT2D eigenvalue weighted by Crippen LogP contribution is -2.12. The van der Waals surface area contributed by atoms with Crippen molar-refractivity contribution in [3.05, 3.63) is 65.2 Å². The van der Waals surface area contributed by atoms with Crippen molar-refractivity contribution in [1.29, 1.82) is 0 Å². The number of aryl methyl sites for hydroxylation is 1. The van der Waals surface area contributed by atoms with Gasteiger partial charge in [0.15, 0.2) is 11.6 Å². The van der Waals surface area contributed by atoms with E-state index in [0.29, 0.717) is 11.1 Å². The second-order valence-electron chi connectivity index (χ2n) is 3.89. The van der Waals surface area contributed by atoms with Crippen molar-refractivity contribution in [3.63, 3.8) is 0 Å². The second kappa shape index (κ2) is 4.96. The predicted octanol–water partition coefficient (Wildman–Crippen LogP) is 3.31. The second-order valence-corrected chi connectivity index (χ2v) is 3.89. The number of aliphatic imine (C=N–C) groups is 1. The maximum atomic E-state index is 13.7. The molecule has 0 bridgehead atoms. The first-order valence-corrected chi connectivity index (χ1v) is 5.44. The molecule has 2 aromatic rings. The molecule has 0 saturated heterocycles. The van der Waals surface area contributed by atoms with Crippen LogP contribution in [0.1, 0.15) is 11.1 Å². The average molecular weight is 246 g/mol. The Kier molecular flexibility index (Phi) is 3.37. The topological polar surface area (TPSA) is 38.4 Å². The van der Waals surface area contributed by atoms with Gasteiger partial charge in [0.2, 0.25) is 0 Å². The zero-order chi connectivity index (χ0) is 13.1. The van der Waals surface area contributed by atoms with Crippen molar-refractivity contribution in [2.24, 2.45) is 10.7 Å². The molecule has 0 unspecified atom stereocenters. The molecule has 0 saturated carbocycles. The van der Waals surface area contributed by atoms with Crippen LogP contribution in [0.4, 0.5) is 14.5 Å². The Morgan fingerprint density at radius 1 is 1.06 bits per heavy atom. The highest BCUT2D eigenvalue weighted by Gasteiger charge is 2.11. The number of halogens is 2. The molecule has 2 aromatic carbocycles. The molecule has 2 N–H and O–H groups in total. The minimum atomic E-state index is -0.725. The van der Waals surface area contributed by atoms with Gasteiger partial charge < -0.3 is 5.73 Å². The molecule has 0 spiro atoms. The van der Waals surface area contributed by atoms with Crippen LogP contribution in [-0.2, 0) is 0 Å². The lowest BCUT2D eigenvalue weighted by molar-refractivity contribution is 0.581. The van der Waals surface area contributed by atoms with Gasteiger partial charge >= 0.3 is 0 Å². The van der Waals surface area contributed by atoms with E-state index in [0.717, 1.165) is 0 Å². The van der Waals surface area contributed by atoms with Crippen LogP contribution >= 0.6 is 0 Å². The number of nitrogens with two attached hydrogens (primary N) is 1. The summed E-state index contributed by atoms with van der Waals surface area (Å²) in [5, 5.41) is 0. The lowest BCUT2D eigenvalue weighted by atomic mass is 10.2. The van der Waals surface area contributed by atoms with Gasteiger partial charge in [-0.3, -0.25) is 0 Å².